The van der Waals surface area contributed by atoms with Crippen LogP contribution in [0.3, 0.4) is 0 Å². The van der Waals surface area contributed by atoms with E-state index in [-0.39, 0.29) is 5.02 Å². The highest BCUT2D eigenvalue weighted by atomic mass is 79.9. The first-order valence-corrected chi connectivity index (χ1v) is 6.74. The second-order valence-electron chi connectivity index (χ2n) is 3.72. The van der Waals surface area contributed by atoms with Crippen LogP contribution >= 0.6 is 39.1 Å². The van der Waals surface area contributed by atoms with Gasteiger partial charge in [0, 0.05) is 21.7 Å². The Hall–Kier alpha value is -0.770. The van der Waals surface area contributed by atoms with Crippen LogP contribution in [0.25, 0.3) is 0 Å². The van der Waals surface area contributed by atoms with Crippen LogP contribution in [-0.4, -0.2) is 0 Å². The summed E-state index contributed by atoms with van der Waals surface area (Å²) in [6.07, 6.45) is 0. The van der Waals surface area contributed by atoms with E-state index in [4.69, 9.17) is 23.2 Å². The van der Waals surface area contributed by atoms with Gasteiger partial charge in [0.05, 0.1) is 5.02 Å². The van der Waals surface area contributed by atoms with Crippen molar-refractivity contribution in [3.8, 4) is 0 Å². The van der Waals surface area contributed by atoms with Crippen LogP contribution in [0.2, 0.25) is 10.0 Å². The van der Waals surface area contributed by atoms with E-state index in [0.29, 0.717) is 11.6 Å². The molecule has 0 fully saturated rings. The normalized spacial score (nSPS) is 10.4. The average molecular weight is 349 g/mol. The number of anilines is 1. The molecule has 0 aliphatic rings. The highest BCUT2D eigenvalue weighted by molar-refractivity contribution is 9.10. The quantitative estimate of drug-likeness (QED) is 0.771. The molecule has 0 heterocycles. The average Bonchev–Trinajstić information content (AvgIpc) is 2.34. The lowest BCUT2D eigenvalue weighted by molar-refractivity contribution is 0.628. The maximum atomic E-state index is 13.0. The van der Waals surface area contributed by atoms with Crippen molar-refractivity contribution in [1.82, 2.24) is 0 Å². The van der Waals surface area contributed by atoms with Crippen molar-refractivity contribution in [3.05, 3.63) is 62.3 Å². The van der Waals surface area contributed by atoms with Crippen molar-refractivity contribution >= 4 is 44.8 Å². The predicted molar refractivity (Wildman–Crippen MR) is 77.9 cm³/mol. The summed E-state index contributed by atoms with van der Waals surface area (Å²) in [6, 6.07) is 10.1. The summed E-state index contributed by atoms with van der Waals surface area (Å²) in [6.45, 7) is 0.573. The first-order valence-electron chi connectivity index (χ1n) is 5.19. The van der Waals surface area contributed by atoms with Gasteiger partial charge in [-0.3, -0.25) is 0 Å². The molecule has 5 heteroatoms. The molecular formula is C13H9BrCl2FN. The van der Waals surface area contributed by atoms with E-state index in [2.05, 4.69) is 21.2 Å². The van der Waals surface area contributed by atoms with Gasteiger partial charge in [-0.15, -0.1) is 0 Å². The summed E-state index contributed by atoms with van der Waals surface area (Å²) >= 11 is 15.1. The van der Waals surface area contributed by atoms with Crippen LogP contribution in [0, 0.1) is 5.82 Å². The lowest BCUT2D eigenvalue weighted by Crippen LogP contribution is -2.00. The number of hydrogen-bond acceptors (Lipinski definition) is 1. The van der Waals surface area contributed by atoms with E-state index in [0.717, 1.165) is 15.7 Å². The van der Waals surface area contributed by atoms with Crippen molar-refractivity contribution in [3.63, 3.8) is 0 Å². The minimum atomic E-state index is -0.425. The van der Waals surface area contributed by atoms with Gasteiger partial charge in [-0.1, -0.05) is 39.1 Å². The molecule has 0 aliphatic heterocycles. The van der Waals surface area contributed by atoms with Gasteiger partial charge in [0.2, 0.25) is 0 Å². The number of benzene rings is 2. The Labute approximate surface area is 123 Å². The van der Waals surface area contributed by atoms with Crippen LogP contribution in [0.4, 0.5) is 10.1 Å². The molecule has 0 atom stereocenters. The third kappa shape index (κ3) is 3.37. The summed E-state index contributed by atoms with van der Waals surface area (Å²) in [5.74, 6) is -0.425. The first kappa shape index (κ1) is 13.7. The first-order chi connectivity index (χ1) is 8.56. The molecule has 2 aromatic carbocycles. The van der Waals surface area contributed by atoms with Crippen molar-refractivity contribution in [2.75, 3.05) is 5.32 Å². The third-order valence-corrected chi connectivity index (χ3v) is 3.71. The van der Waals surface area contributed by atoms with Crippen LogP contribution in [0.15, 0.2) is 40.9 Å². The molecule has 0 saturated carbocycles. The summed E-state index contributed by atoms with van der Waals surface area (Å²) in [5.41, 5.74) is 1.77. The van der Waals surface area contributed by atoms with E-state index in [1.807, 2.05) is 18.2 Å². The molecule has 1 nitrogen and oxygen atoms in total. The Balaban J connectivity index is 2.11. The minimum absolute atomic E-state index is 0.102. The number of rotatable bonds is 3. The van der Waals surface area contributed by atoms with E-state index in [1.165, 1.54) is 6.07 Å². The van der Waals surface area contributed by atoms with Crippen LogP contribution in [-0.2, 0) is 6.54 Å². The molecular weight excluding hydrogens is 340 g/mol. The molecule has 2 aromatic rings. The molecule has 0 bridgehead atoms. The summed E-state index contributed by atoms with van der Waals surface area (Å²) in [4.78, 5) is 0. The van der Waals surface area contributed by atoms with Gasteiger partial charge >= 0.3 is 0 Å². The molecule has 94 valence electrons. The van der Waals surface area contributed by atoms with Gasteiger partial charge < -0.3 is 5.32 Å². The summed E-state index contributed by atoms with van der Waals surface area (Å²) in [7, 11) is 0. The van der Waals surface area contributed by atoms with Crippen molar-refractivity contribution in [2.24, 2.45) is 0 Å². The second-order valence-corrected chi connectivity index (χ2v) is 5.42. The second kappa shape index (κ2) is 5.91. The minimum Gasteiger partial charge on any atom is -0.381 e. The van der Waals surface area contributed by atoms with Gasteiger partial charge in [0.1, 0.15) is 5.82 Å². The fourth-order valence-electron chi connectivity index (χ4n) is 1.48. The molecule has 0 amide bonds. The number of nitrogens with one attached hydrogen (secondary N) is 1. The molecule has 0 aliphatic carbocycles. The van der Waals surface area contributed by atoms with E-state index in [1.54, 1.807) is 12.1 Å². The molecule has 18 heavy (non-hydrogen) atoms. The lowest BCUT2D eigenvalue weighted by Gasteiger charge is -2.09. The predicted octanol–water partition coefficient (Wildman–Crippen LogP) is 5.51. The summed E-state index contributed by atoms with van der Waals surface area (Å²) in [5, 5.41) is 3.93. The van der Waals surface area contributed by atoms with Crippen LogP contribution in [0.1, 0.15) is 5.56 Å². The van der Waals surface area contributed by atoms with Gasteiger partial charge in [-0.05, 0) is 42.0 Å². The highest BCUT2D eigenvalue weighted by Crippen LogP contribution is 2.24. The number of halogens is 4. The van der Waals surface area contributed by atoms with Gasteiger partial charge in [0.25, 0.3) is 0 Å². The van der Waals surface area contributed by atoms with E-state index >= 15 is 0 Å². The van der Waals surface area contributed by atoms with E-state index < -0.39 is 5.82 Å². The Bertz CT molecular complexity index is 575. The smallest absolute Gasteiger partial charge is 0.141 e. The molecule has 0 saturated heterocycles. The fourth-order valence-corrected chi connectivity index (χ4v) is 2.24. The zero-order valence-corrected chi connectivity index (χ0v) is 12.3. The largest absolute Gasteiger partial charge is 0.381 e. The maximum absolute atomic E-state index is 13.0. The monoisotopic (exact) mass is 347 g/mol. The molecule has 2 rings (SSSR count). The van der Waals surface area contributed by atoms with Crippen molar-refractivity contribution in [2.45, 2.75) is 6.54 Å². The van der Waals surface area contributed by atoms with Gasteiger partial charge in [-0.25, -0.2) is 4.39 Å². The fraction of sp³-hybridized carbons (Fsp3) is 0.0769. The Kier molecular flexibility index (Phi) is 4.49. The Morgan fingerprint density at radius 3 is 2.61 bits per heavy atom. The van der Waals surface area contributed by atoms with E-state index in [9.17, 15) is 4.39 Å². The SMILES string of the molecule is Fc1ccc(NCc2cc(Cl)ccc2Br)cc1Cl. The van der Waals surface area contributed by atoms with Gasteiger partial charge in [0.15, 0.2) is 0 Å². The highest BCUT2D eigenvalue weighted by Gasteiger charge is 2.03. The molecule has 1 N–H and O–H groups in total. The van der Waals surface area contributed by atoms with Crippen molar-refractivity contribution < 1.29 is 4.39 Å². The Morgan fingerprint density at radius 1 is 1.11 bits per heavy atom. The standard InChI is InChI=1S/C13H9BrCl2FN/c14-11-3-1-9(15)5-8(11)7-18-10-2-4-13(17)12(16)6-10/h1-6,18H,7H2. The zero-order valence-electron chi connectivity index (χ0n) is 9.18. The van der Waals surface area contributed by atoms with Crippen LogP contribution in [0.5, 0.6) is 0 Å². The molecule has 0 radical (unpaired) electrons. The number of hydrogen-bond donors (Lipinski definition) is 1. The zero-order chi connectivity index (χ0) is 13.1. The molecule has 0 spiro atoms. The Morgan fingerprint density at radius 2 is 1.89 bits per heavy atom. The summed E-state index contributed by atoms with van der Waals surface area (Å²) < 4.78 is 14.0. The van der Waals surface area contributed by atoms with Crippen LogP contribution < -0.4 is 5.32 Å². The van der Waals surface area contributed by atoms with Gasteiger partial charge in [-0.2, -0.15) is 0 Å². The topological polar surface area (TPSA) is 12.0 Å². The molecule has 0 aromatic heterocycles. The van der Waals surface area contributed by atoms with Crippen molar-refractivity contribution in [1.29, 1.82) is 0 Å². The third-order valence-electron chi connectivity index (χ3n) is 2.41. The molecule has 0 unspecified atom stereocenters. The lowest BCUT2D eigenvalue weighted by atomic mass is 10.2. The maximum Gasteiger partial charge on any atom is 0.141 e.